The van der Waals surface area contributed by atoms with E-state index in [0.29, 0.717) is 28.4 Å². The Kier molecular flexibility index (Phi) is 10.0. The van der Waals surface area contributed by atoms with Crippen LogP contribution in [0, 0.1) is 17.2 Å². The lowest BCUT2D eigenvalue weighted by Gasteiger charge is -2.24. The molecule has 12 nitrogen and oxygen atoms in total. The molecule has 4 aromatic rings. The number of hydrogen-bond acceptors (Lipinski definition) is 9. The Morgan fingerprint density at radius 3 is 2.47 bits per heavy atom. The van der Waals surface area contributed by atoms with E-state index in [9.17, 15) is 24.4 Å². The molecule has 0 aliphatic carbocycles. The highest BCUT2D eigenvalue weighted by Gasteiger charge is 2.28. The largest absolute Gasteiger partial charge is 0.356 e. The van der Waals surface area contributed by atoms with Gasteiger partial charge in [0.05, 0.1) is 24.2 Å². The van der Waals surface area contributed by atoms with Gasteiger partial charge in [0.1, 0.15) is 33.2 Å². The maximum absolute atomic E-state index is 13.5. The lowest BCUT2D eigenvalue weighted by Crippen LogP contribution is -2.43. The van der Waals surface area contributed by atoms with Crippen molar-refractivity contribution in [1.29, 1.82) is 5.26 Å². The van der Waals surface area contributed by atoms with Gasteiger partial charge in [-0.15, -0.1) is 22.7 Å². The number of H-pyrrole nitrogens is 1. The van der Waals surface area contributed by atoms with Crippen molar-refractivity contribution in [2.45, 2.75) is 38.8 Å². The van der Waals surface area contributed by atoms with Crippen LogP contribution in [0.1, 0.15) is 85.0 Å². The van der Waals surface area contributed by atoms with Gasteiger partial charge < -0.3 is 25.8 Å². The van der Waals surface area contributed by atoms with Gasteiger partial charge in [0.15, 0.2) is 0 Å². The molecule has 232 valence electrons. The minimum Gasteiger partial charge on any atom is -0.356 e. The molecule has 0 unspecified atom stereocenters. The van der Waals surface area contributed by atoms with Crippen LogP contribution in [0.15, 0.2) is 53.4 Å². The number of carbonyl (C=O) groups is 4. The summed E-state index contributed by atoms with van der Waals surface area (Å²) in [5.74, 6) is -1.66. The van der Waals surface area contributed by atoms with Crippen molar-refractivity contribution >= 4 is 46.3 Å². The summed E-state index contributed by atoms with van der Waals surface area (Å²) in [6.45, 7) is 4.03. The van der Waals surface area contributed by atoms with E-state index in [2.05, 4.69) is 30.9 Å². The number of amides is 4. The molecule has 4 amide bonds. The van der Waals surface area contributed by atoms with Crippen LogP contribution < -0.4 is 16.0 Å². The SMILES string of the molecule is CC(C)[C@@H]1NC(=O)c2csc(n2)[C@H](Cc2ccccc2)NC(=O)CN(C(=O)c2cc(C#N)c[nH]2)CCCNC(=O)c2csc1n2. The summed E-state index contributed by atoms with van der Waals surface area (Å²) >= 11 is 2.56. The molecule has 4 heterocycles. The highest BCUT2D eigenvalue weighted by Crippen LogP contribution is 2.27. The molecule has 2 atom stereocenters. The van der Waals surface area contributed by atoms with Gasteiger partial charge in [0.25, 0.3) is 17.7 Å². The second-order valence-electron chi connectivity index (χ2n) is 10.9. The third kappa shape index (κ3) is 7.81. The molecule has 0 radical (unpaired) electrons. The van der Waals surface area contributed by atoms with Gasteiger partial charge in [-0.05, 0) is 30.4 Å². The molecule has 5 rings (SSSR count). The monoisotopic (exact) mass is 644 g/mol. The van der Waals surface area contributed by atoms with Gasteiger partial charge in [-0.1, -0.05) is 44.2 Å². The smallest absolute Gasteiger partial charge is 0.271 e. The molecule has 0 spiro atoms. The highest BCUT2D eigenvalue weighted by atomic mass is 32.1. The molecule has 4 bridgehead atoms. The maximum Gasteiger partial charge on any atom is 0.271 e. The van der Waals surface area contributed by atoms with Crippen LogP contribution >= 0.6 is 22.7 Å². The molecular weight excluding hydrogens is 613 g/mol. The van der Waals surface area contributed by atoms with Crippen LogP contribution in [0.2, 0.25) is 0 Å². The minimum atomic E-state index is -0.567. The van der Waals surface area contributed by atoms with Gasteiger partial charge in [-0.25, -0.2) is 9.97 Å². The first kappa shape index (κ1) is 31.6. The van der Waals surface area contributed by atoms with Crippen molar-refractivity contribution < 1.29 is 19.2 Å². The van der Waals surface area contributed by atoms with Crippen molar-refractivity contribution in [1.82, 2.24) is 35.8 Å². The number of fused-ring (bicyclic) bond motifs is 4. The van der Waals surface area contributed by atoms with Gasteiger partial charge in [-0.3, -0.25) is 19.2 Å². The number of carbonyl (C=O) groups excluding carboxylic acids is 4. The van der Waals surface area contributed by atoms with Crippen LogP contribution in [0.4, 0.5) is 0 Å². The quantitative estimate of drug-likeness (QED) is 0.263. The Hall–Kier alpha value is -4.87. The number of hydrogen-bond donors (Lipinski definition) is 4. The van der Waals surface area contributed by atoms with Crippen LogP contribution in [0.25, 0.3) is 0 Å². The van der Waals surface area contributed by atoms with Crippen molar-refractivity contribution in [3.8, 4) is 6.07 Å². The van der Waals surface area contributed by atoms with Crippen molar-refractivity contribution in [3.05, 3.63) is 91.6 Å². The molecule has 1 aromatic carbocycles. The Balaban J connectivity index is 1.47. The second-order valence-corrected chi connectivity index (χ2v) is 12.7. The van der Waals surface area contributed by atoms with E-state index in [0.717, 1.165) is 5.56 Å². The third-order valence-electron chi connectivity index (χ3n) is 7.20. The number of aromatic nitrogens is 3. The van der Waals surface area contributed by atoms with Gasteiger partial charge in [-0.2, -0.15) is 5.26 Å². The van der Waals surface area contributed by atoms with E-state index in [1.54, 1.807) is 10.8 Å². The zero-order chi connectivity index (χ0) is 31.9. The molecule has 1 aliphatic rings. The number of rotatable bonds is 4. The predicted molar refractivity (Wildman–Crippen MR) is 169 cm³/mol. The number of nitrogens with zero attached hydrogens (tertiary/aromatic N) is 4. The van der Waals surface area contributed by atoms with E-state index in [1.165, 1.54) is 39.8 Å². The highest BCUT2D eigenvalue weighted by molar-refractivity contribution is 7.10. The van der Waals surface area contributed by atoms with E-state index >= 15 is 0 Å². The summed E-state index contributed by atoms with van der Waals surface area (Å²) in [6, 6.07) is 12.0. The first-order chi connectivity index (χ1) is 21.7. The average Bonchev–Trinajstić information content (AvgIpc) is 3.82. The lowest BCUT2D eigenvalue weighted by molar-refractivity contribution is -0.122. The molecule has 4 N–H and O–H groups in total. The zero-order valence-corrected chi connectivity index (χ0v) is 26.3. The number of nitrogens with one attached hydrogen (secondary N) is 4. The summed E-state index contributed by atoms with van der Waals surface area (Å²) in [6.07, 6.45) is 2.21. The predicted octanol–water partition coefficient (Wildman–Crippen LogP) is 3.60. The first-order valence-electron chi connectivity index (χ1n) is 14.4. The number of aromatic amines is 1. The topological polar surface area (TPSA) is 173 Å². The number of benzene rings is 1. The Morgan fingerprint density at radius 1 is 1.04 bits per heavy atom. The van der Waals surface area contributed by atoms with Crippen molar-refractivity contribution in [2.75, 3.05) is 19.6 Å². The van der Waals surface area contributed by atoms with E-state index in [1.807, 2.05) is 50.2 Å². The molecule has 0 saturated heterocycles. The summed E-state index contributed by atoms with van der Waals surface area (Å²) < 4.78 is 0. The minimum absolute atomic E-state index is 0.0132. The van der Waals surface area contributed by atoms with Gasteiger partial charge in [0, 0.05) is 30.0 Å². The lowest BCUT2D eigenvalue weighted by atomic mass is 10.0. The molecule has 0 saturated carbocycles. The van der Waals surface area contributed by atoms with Crippen LogP contribution in [-0.2, 0) is 11.2 Å². The van der Waals surface area contributed by atoms with E-state index < -0.39 is 23.9 Å². The fourth-order valence-electron chi connectivity index (χ4n) is 4.85. The van der Waals surface area contributed by atoms with E-state index in [-0.39, 0.29) is 54.4 Å². The Morgan fingerprint density at radius 2 is 1.76 bits per heavy atom. The molecule has 0 fully saturated rings. The number of nitriles is 1. The fourth-order valence-corrected chi connectivity index (χ4v) is 6.72. The Labute approximate surface area is 267 Å². The summed E-state index contributed by atoms with van der Waals surface area (Å²) in [7, 11) is 0. The van der Waals surface area contributed by atoms with Gasteiger partial charge in [0.2, 0.25) is 5.91 Å². The molecule has 1 aliphatic heterocycles. The maximum atomic E-state index is 13.5. The average molecular weight is 645 g/mol. The molecule has 14 heteroatoms. The zero-order valence-electron chi connectivity index (χ0n) is 24.7. The van der Waals surface area contributed by atoms with Crippen molar-refractivity contribution in [3.63, 3.8) is 0 Å². The fraction of sp³-hybridized carbons (Fsp3) is 0.323. The van der Waals surface area contributed by atoms with Crippen LogP contribution in [0.3, 0.4) is 0 Å². The summed E-state index contributed by atoms with van der Waals surface area (Å²) in [5.41, 5.74) is 1.86. The van der Waals surface area contributed by atoms with Crippen molar-refractivity contribution in [2.24, 2.45) is 5.92 Å². The van der Waals surface area contributed by atoms with Gasteiger partial charge >= 0.3 is 0 Å². The van der Waals surface area contributed by atoms with E-state index in [4.69, 9.17) is 0 Å². The molecular formula is C31H32N8O4S2. The van der Waals surface area contributed by atoms with Crippen LogP contribution in [0.5, 0.6) is 0 Å². The number of thiazole rings is 2. The molecule has 3 aromatic heterocycles. The summed E-state index contributed by atoms with van der Waals surface area (Å²) in [4.78, 5) is 66.5. The van der Waals surface area contributed by atoms with Crippen LogP contribution in [-0.4, -0.2) is 63.1 Å². The third-order valence-corrected chi connectivity index (χ3v) is 9.09. The Bertz CT molecular complexity index is 1720. The standard InChI is InChI=1S/C31H32N8O4S2/c1-18(2)26-30-37-23(16-45-30)27(41)33-9-6-10-39(31(43)22-12-20(13-32)14-34-22)15-25(40)35-21(11-19-7-4-3-5-8-19)29-36-24(17-44-29)28(42)38-26/h3-5,7-8,12,14,16-18,21,26,34H,6,9-11,15H2,1-2H3,(H,33,41)(H,35,40)(H,38,42)/t21-,26-/m0/s1. The summed E-state index contributed by atoms with van der Waals surface area (Å²) in [5, 5.41) is 22.5. The normalized spacial score (nSPS) is 18.2. The molecule has 45 heavy (non-hydrogen) atoms. The second kappa shape index (κ2) is 14.3. The first-order valence-corrected chi connectivity index (χ1v) is 16.2.